The zero-order valence-electron chi connectivity index (χ0n) is 8.48. The van der Waals surface area contributed by atoms with Gasteiger partial charge in [-0.15, -0.1) is 0 Å². The minimum absolute atomic E-state index is 0.443. The molecule has 0 amide bonds. The van der Waals surface area contributed by atoms with Crippen molar-refractivity contribution in [3.8, 4) is 0 Å². The normalized spacial score (nSPS) is 12.5. The largest absolute Gasteiger partial charge is 0.330 e. The van der Waals surface area contributed by atoms with Crippen LogP contribution in [0.2, 0.25) is 0 Å². The maximum absolute atomic E-state index is 5.56. The first-order valence-corrected chi connectivity index (χ1v) is 4.78. The van der Waals surface area contributed by atoms with E-state index in [0.29, 0.717) is 5.41 Å². The lowest BCUT2D eigenvalue weighted by Crippen LogP contribution is -2.26. The average molecular weight is 157 g/mol. The van der Waals surface area contributed by atoms with Crippen molar-refractivity contribution in [1.82, 2.24) is 0 Å². The summed E-state index contributed by atoms with van der Waals surface area (Å²) in [6.45, 7) is 10.0. The molecule has 0 aliphatic rings. The third-order valence-electron chi connectivity index (χ3n) is 2.88. The van der Waals surface area contributed by atoms with Gasteiger partial charge in [0, 0.05) is 0 Å². The predicted octanol–water partition coefficient (Wildman–Crippen LogP) is 2.80. The average Bonchev–Trinajstić information content (AvgIpc) is 1.89. The van der Waals surface area contributed by atoms with E-state index in [1.807, 2.05) is 0 Å². The van der Waals surface area contributed by atoms with E-state index in [1.54, 1.807) is 0 Å². The highest BCUT2D eigenvalue weighted by Crippen LogP contribution is 2.34. The molecule has 0 saturated heterocycles. The maximum Gasteiger partial charge on any atom is -0.00721 e. The van der Waals surface area contributed by atoms with Crippen LogP contribution in [-0.2, 0) is 0 Å². The van der Waals surface area contributed by atoms with Crippen molar-refractivity contribution < 1.29 is 0 Å². The molecule has 0 bridgehead atoms. The monoisotopic (exact) mass is 157 g/mol. The molecule has 0 atom stereocenters. The van der Waals surface area contributed by atoms with Crippen LogP contribution >= 0.6 is 0 Å². The number of hydrogen-bond donors (Lipinski definition) is 1. The molecule has 68 valence electrons. The number of hydrogen-bond acceptors (Lipinski definition) is 1. The first kappa shape index (κ1) is 11.0. The van der Waals surface area contributed by atoms with E-state index < -0.39 is 0 Å². The first-order valence-electron chi connectivity index (χ1n) is 4.78. The van der Waals surface area contributed by atoms with Crippen molar-refractivity contribution in [3.63, 3.8) is 0 Å². The van der Waals surface area contributed by atoms with Crippen LogP contribution in [0, 0.1) is 11.3 Å². The lowest BCUT2D eigenvalue weighted by molar-refractivity contribution is 0.186. The molecule has 0 spiro atoms. The minimum atomic E-state index is 0.443. The molecule has 2 N–H and O–H groups in total. The van der Waals surface area contributed by atoms with Crippen LogP contribution in [0.3, 0.4) is 0 Å². The van der Waals surface area contributed by atoms with E-state index in [0.717, 1.165) is 18.9 Å². The topological polar surface area (TPSA) is 26.0 Å². The number of nitrogens with two attached hydrogens (primary N) is 1. The molecular weight excluding hydrogens is 134 g/mol. The highest BCUT2D eigenvalue weighted by molar-refractivity contribution is 4.76. The second-order valence-electron chi connectivity index (χ2n) is 4.04. The van der Waals surface area contributed by atoms with Crippen LogP contribution < -0.4 is 5.73 Å². The molecule has 0 fully saturated rings. The molecule has 0 aliphatic carbocycles. The van der Waals surface area contributed by atoms with Gasteiger partial charge in [-0.25, -0.2) is 0 Å². The zero-order chi connectivity index (χ0) is 8.91. The van der Waals surface area contributed by atoms with E-state index in [2.05, 4.69) is 27.7 Å². The fraction of sp³-hybridized carbons (Fsp3) is 1.00. The molecule has 0 rings (SSSR count). The SMILES string of the molecule is CCC(CC)C(C)(C)CCN. The van der Waals surface area contributed by atoms with Crippen molar-refractivity contribution in [3.05, 3.63) is 0 Å². The van der Waals surface area contributed by atoms with Gasteiger partial charge >= 0.3 is 0 Å². The Morgan fingerprint density at radius 3 is 1.91 bits per heavy atom. The van der Waals surface area contributed by atoms with Crippen molar-refractivity contribution in [2.45, 2.75) is 47.0 Å². The van der Waals surface area contributed by atoms with Gasteiger partial charge in [0.15, 0.2) is 0 Å². The standard InChI is InChI=1S/C10H23N/c1-5-9(6-2)10(3,4)7-8-11/h9H,5-8,11H2,1-4H3. The Bertz CT molecular complexity index is 93.0. The summed E-state index contributed by atoms with van der Waals surface area (Å²) >= 11 is 0. The maximum atomic E-state index is 5.56. The third kappa shape index (κ3) is 3.24. The molecule has 1 nitrogen and oxygen atoms in total. The zero-order valence-corrected chi connectivity index (χ0v) is 8.48. The van der Waals surface area contributed by atoms with Crippen LogP contribution in [0.25, 0.3) is 0 Å². The first-order chi connectivity index (χ1) is 5.08. The molecule has 0 aromatic carbocycles. The molecule has 0 radical (unpaired) electrons. The second kappa shape index (κ2) is 4.76. The molecule has 0 heterocycles. The van der Waals surface area contributed by atoms with Crippen LogP contribution in [0.15, 0.2) is 0 Å². The molecule has 0 aliphatic heterocycles. The highest BCUT2D eigenvalue weighted by atomic mass is 14.5. The van der Waals surface area contributed by atoms with Crippen molar-refractivity contribution in [2.24, 2.45) is 17.1 Å². The summed E-state index contributed by atoms with van der Waals surface area (Å²) < 4.78 is 0. The Morgan fingerprint density at radius 1 is 1.18 bits per heavy atom. The number of rotatable bonds is 5. The van der Waals surface area contributed by atoms with Gasteiger partial charge < -0.3 is 5.73 Å². The van der Waals surface area contributed by atoms with Crippen molar-refractivity contribution in [1.29, 1.82) is 0 Å². The molecule has 0 aromatic rings. The van der Waals surface area contributed by atoms with Gasteiger partial charge in [0.1, 0.15) is 0 Å². The molecule has 0 saturated carbocycles. The minimum Gasteiger partial charge on any atom is -0.330 e. The molecule has 0 unspecified atom stereocenters. The Labute approximate surface area is 71.4 Å². The summed E-state index contributed by atoms with van der Waals surface area (Å²) in [5, 5.41) is 0. The van der Waals surface area contributed by atoms with Gasteiger partial charge in [0.2, 0.25) is 0 Å². The van der Waals surface area contributed by atoms with Crippen molar-refractivity contribution in [2.75, 3.05) is 6.54 Å². The Hall–Kier alpha value is -0.0400. The van der Waals surface area contributed by atoms with Gasteiger partial charge in [0.05, 0.1) is 0 Å². The van der Waals surface area contributed by atoms with E-state index in [1.165, 1.54) is 12.8 Å². The lowest BCUT2D eigenvalue weighted by Gasteiger charge is -2.32. The van der Waals surface area contributed by atoms with E-state index in [-0.39, 0.29) is 0 Å². The van der Waals surface area contributed by atoms with E-state index in [9.17, 15) is 0 Å². The van der Waals surface area contributed by atoms with E-state index in [4.69, 9.17) is 5.73 Å². The van der Waals surface area contributed by atoms with Crippen molar-refractivity contribution >= 4 is 0 Å². The molecule has 1 heteroatoms. The predicted molar refractivity (Wildman–Crippen MR) is 51.5 cm³/mol. The Kier molecular flexibility index (Phi) is 4.74. The van der Waals surface area contributed by atoms with Crippen LogP contribution in [0.4, 0.5) is 0 Å². The fourth-order valence-electron chi connectivity index (χ4n) is 1.97. The summed E-state index contributed by atoms with van der Waals surface area (Å²) in [5.41, 5.74) is 6.00. The van der Waals surface area contributed by atoms with Gasteiger partial charge in [0.25, 0.3) is 0 Å². The van der Waals surface area contributed by atoms with Gasteiger partial charge in [-0.1, -0.05) is 40.5 Å². The summed E-state index contributed by atoms with van der Waals surface area (Å²) in [6, 6.07) is 0. The fourth-order valence-corrected chi connectivity index (χ4v) is 1.97. The van der Waals surface area contributed by atoms with E-state index >= 15 is 0 Å². The molecular formula is C10H23N. The van der Waals surface area contributed by atoms with Crippen LogP contribution in [-0.4, -0.2) is 6.54 Å². The van der Waals surface area contributed by atoms with Crippen LogP contribution in [0.5, 0.6) is 0 Å². The molecule has 0 aromatic heterocycles. The highest BCUT2D eigenvalue weighted by Gasteiger charge is 2.25. The third-order valence-corrected chi connectivity index (χ3v) is 2.88. The summed E-state index contributed by atoms with van der Waals surface area (Å²) in [6.07, 6.45) is 3.71. The van der Waals surface area contributed by atoms with Gasteiger partial charge in [-0.2, -0.15) is 0 Å². The Balaban J connectivity index is 4.00. The van der Waals surface area contributed by atoms with Gasteiger partial charge in [-0.3, -0.25) is 0 Å². The summed E-state index contributed by atoms with van der Waals surface area (Å²) in [5.74, 6) is 0.839. The Morgan fingerprint density at radius 2 is 1.64 bits per heavy atom. The van der Waals surface area contributed by atoms with Gasteiger partial charge in [-0.05, 0) is 24.3 Å². The molecule has 11 heavy (non-hydrogen) atoms. The summed E-state index contributed by atoms with van der Waals surface area (Å²) in [4.78, 5) is 0. The van der Waals surface area contributed by atoms with Crippen LogP contribution in [0.1, 0.15) is 47.0 Å². The quantitative estimate of drug-likeness (QED) is 0.652. The second-order valence-corrected chi connectivity index (χ2v) is 4.04. The summed E-state index contributed by atoms with van der Waals surface area (Å²) in [7, 11) is 0. The smallest absolute Gasteiger partial charge is 0.00721 e. The lowest BCUT2D eigenvalue weighted by atomic mass is 9.73.